The number of anilines is 1. The highest BCUT2D eigenvalue weighted by Crippen LogP contribution is 2.25. The maximum absolute atomic E-state index is 12.2. The Labute approximate surface area is 185 Å². The van der Waals surface area contributed by atoms with Gasteiger partial charge in [0, 0.05) is 10.7 Å². The first kappa shape index (κ1) is 24.0. The third-order valence-electron chi connectivity index (χ3n) is 3.55. The molecule has 2 amide bonds. The third kappa shape index (κ3) is 8.62. The Balaban J connectivity index is 1.95. The molecule has 0 fully saturated rings. The highest BCUT2D eigenvalue weighted by atomic mass is 35.5. The van der Waals surface area contributed by atoms with E-state index in [1.54, 1.807) is 45.0 Å². The summed E-state index contributed by atoms with van der Waals surface area (Å²) in [4.78, 5) is 24.3. The number of nitrogens with one attached hydrogen (secondary N) is 2. The average molecular weight is 455 g/mol. The van der Waals surface area contributed by atoms with E-state index in [-0.39, 0.29) is 28.7 Å². The number of ether oxygens (including phenoxy) is 1. The first-order valence-corrected chi connectivity index (χ1v) is 10.9. The van der Waals surface area contributed by atoms with Crippen molar-refractivity contribution in [3.63, 3.8) is 0 Å². The smallest absolute Gasteiger partial charge is 0.408 e. The molecule has 0 bridgehead atoms. The van der Waals surface area contributed by atoms with E-state index in [0.717, 1.165) is 11.8 Å². The van der Waals surface area contributed by atoms with Gasteiger partial charge < -0.3 is 19.8 Å². The molecule has 1 heterocycles. The zero-order valence-corrected chi connectivity index (χ0v) is 19.3. The minimum absolute atomic E-state index is 0.0858. The maximum atomic E-state index is 12.2. The normalized spacial score (nSPS) is 12.5. The fourth-order valence-corrected chi connectivity index (χ4v) is 3.21. The van der Waals surface area contributed by atoms with Crippen molar-refractivity contribution in [1.82, 2.24) is 15.5 Å². The zero-order valence-electron chi connectivity index (χ0n) is 17.7. The number of hydrogen-bond acceptors (Lipinski definition) is 7. The van der Waals surface area contributed by atoms with E-state index in [1.165, 1.54) is 0 Å². The van der Waals surface area contributed by atoms with Crippen molar-refractivity contribution in [2.45, 2.75) is 57.9 Å². The largest absolute Gasteiger partial charge is 0.444 e. The van der Waals surface area contributed by atoms with Gasteiger partial charge in [-0.05, 0) is 51.3 Å². The monoisotopic (exact) mass is 454 g/mol. The van der Waals surface area contributed by atoms with Gasteiger partial charge in [0.25, 0.3) is 5.22 Å². The van der Waals surface area contributed by atoms with Gasteiger partial charge in [-0.1, -0.05) is 43.3 Å². The van der Waals surface area contributed by atoms with Crippen molar-refractivity contribution in [2.75, 3.05) is 11.1 Å². The summed E-state index contributed by atoms with van der Waals surface area (Å²) < 4.78 is 11.0. The molecule has 1 aromatic heterocycles. The third-order valence-corrected chi connectivity index (χ3v) is 4.61. The lowest BCUT2D eigenvalue weighted by atomic mass is 10.0. The molecule has 1 atom stereocenters. The van der Waals surface area contributed by atoms with Gasteiger partial charge in [0.05, 0.1) is 5.75 Å². The number of carbonyl (C=O) groups excluding carboxylic acids is 2. The fourth-order valence-electron chi connectivity index (χ4n) is 2.45. The number of amides is 2. The van der Waals surface area contributed by atoms with Crippen LogP contribution in [0.15, 0.2) is 33.9 Å². The van der Waals surface area contributed by atoms with E-state index >= 15 is 0 Å². The molecular weight excluding hydrogens is 428 g/mol. The average Bonchev–Trinajstić information content (AvgIpc) is 3.06. The van der Waals surface area contributed by atoms with Gasteiger partial charge in [0.2, 0.25) is 11.8 Å². The summed E-state index contributed by atoms with van der Waals surface area (Å²) >= 11 is 7.02. The SMILES string of the molecule is CC(C)CC(NC(=O)OC(C)(C)C)c1nnc(SCC(=O)Nc2cccc(Cl)c2)o1. The molecule has 10 heteroatoms. The molecule has 0 spiro atoms. The zero-order chi connectivity index (χ0) is 22.3. The lowest BCUT2D eigenvalue weighted by molar-refractivity contribution is -0.113. The molecule has 1 aromatic carbocycles. The predicted octanol–water partition coefficient (Wildman–Crippen LogP) is 5.07. The number of hydrogen-bond donors (Lipinski definition) is 2. The molecule has 8 nitrogen and oxygen atoms in total. The summed E-state index contributed by atoms with van der Waals surface area (Å²) in [6, 6.07) is 6.40. The molecule has 164 valence electrons. The van der Waals surface area contributed by atoms with Crippen LogP contribution in [0.25, 0.3) is 0 Å². The lowest BCUT2D eigenvalue weighted by Crippen LogP contribution is -2.35. The second-order valence-corrected chi connectivity index (χ2v) is 9.44. The van der Waals surface area contributed by atoms with Crippen LogP contribution in [0.1, 0.15) is 53.0 Å². The predicted molar refractivity (Wildman–Crippen MR) is 117 cm³/mol. The first-order chi connectivity index (χ1) is 14.0. The maximum Gasteiger partial charge on any atom is 0.408 e. The quantitative estimate of drug-likeness (QED) is 0.536. The number of carbonyl (C=O) groups is 2. The molecular formula is C20H27ClN4O4S. The van der Waals surface area contributed by atoms with Crippen molar-refractivity contribution in [2.24, 2.45) is 5.92 Å². The Bertz CT molecular complexity index is 866. The van der Waals surface area contributed by atoms with Gasteiger partial charge in [-0.25, -0.2) is 4.79 Å². The topological polar surface area (TPSA) is 106 Å². The Hall–Kier alpha value is -2.26. The van der Waals surface area contributed by atoms with E-state index in [2.05, 4.69) is 20.8 Å². The Morgan fingerprint density at radius 2 is 2.00 bits per heavy atom. The Morgan fingerprint density at radius 3 is 2.63 bits per heavy atom. The van der Waals surface area contributed by atoms with Crippen LogP contribution in [0, 0.1) is 5.92 Å². The highest BCUT2D eigenvalue weighted by Gasteiger charge is 2.25. The van der Waals surface area contributed by atoms with Gasteiger partial charge in [0.15, 0.2) is 0 Å². The van der Waals surface area contributed by atoms with Crippen LogP contribution in [0.2, 0.25) is 5.02 Å². The Morgan fingerprint density at radius 1 is 1.27 bits per heavy atom. The van der Waals surface area contributed by atoms with E-state index in [0.29, 0.717) is 17.1 Å². The summed E-state index contributed by atoms with van der Waals surface area (Å²) in [5.41, 5.74) is -0.00329. The van der Waals surface area contributed by atoms with Crippen LogP contribution < -0.4 is 10.6 Å². The molecule has 0 saturated carbocycles. The van der Waals surface area contributed by atoms with Gasteiger partial charge in [-0.15, -0.1) is 10.2 Å². The van der Waals surface area contributed by atoms with Crippen LogP contribution in [0.5, 0.6) is 0 Å². The molecule has 2 aromatic rings. The van der Waals surface area contributed by atoms with Gasteiger partial charge in [-0.2, -0.15) is 0 Å². The van der Waals surface area contributed by atoms with Gasteiger partial charge in [0.1, 0.15) is 11.6 Å². The van der Waals surface area contributed by atoms with Crippen molar-refractivity contribution in [3.05, 3.63) is 35.2 Å². The molecule has 2 N–H and O–H groups in total. The number of nitrogens with zero attached hydrogens (tertiary/aromatic N) is 2. The molecule has 0 radical (unpaired) electrons. The minimum Gasteiger partial charge on any atom is -0.444 e. The van der Waals surface area contributed by atoms with Crippen molar-refractivity contribution in [3.8, 4) is 0 Å². The first-order valence-electron chi connectivity index (χ1n) is 9.53. The number of alkyl carbamates (subject to hydrolysis) is 1. The number of aromatic nitrogens is 2. The Kier molecular flexibility index (Phi) is 8.54. The second-order valence-electron chi connectivity index (χ2n) is 8.08. The number of halogens is 1. The van der Waals surface area contributed by atoms with Crippen LogP contribution in [0.3, 0.4) is 0 Å². The molecule has 30 heavy (non-hydrogen) atoms. The van der Waals surface area contributed by atoms with Crippen LogP contribution in [-0.4, -0.2) is 33.6 Å². The van der Waals surface area contributed by atoms with E-state index < -0.39 is 17.7 Å². The summed E-state index contributed by atoms with van der Waals surface area (Å²) in [6.45, 7) is 9.42. The summed E-state index contributed by atoms with van der Waals surface area (Å²) in [5, 5.41) is 14.3. The fraction of sp³-hybridized carbons (Fsp3) is 0.500. The van der Waals surface area contributed by atoms with E-state index in [4.69, 9.17) is 20.8 Å². The van der Waals surface area contributed by atoms with Crippen molar-refractivity contribution < 1.29 is 18.7 Å². The van der Waals surface area contributed by atoms with Gasteiger partial charge >= 0.3 is 6.09 Å². The van der Waals surface area contributed by atoms with Gasteiger partial charge in [-0.3, -0.25) is 4.79 Å². The highest BCUT2D eigenvalue weighted by molar-refractivity contribution is 7.99. The summed E-state index contributed by atoms with van der Waals surface area (Å²) in [7, 11) is 0. The van der Waals surface area contributed by atoms with Crippen molar-refractivity contribution >= 4 is 41.1 Å². The van der Waals surface area contributed by atoms with E-state index in [9.17, 15) is 9.59 Å². The second kappa shape index (κ2) is 10.7. The molecule has 0 aliphatic carbocycles. The van der Waals surface area contributed by atoms with Crippen molar-refractivity contribution in [1.29, 1.82) is 0 Å². The number of benzene rings is 1. The van der Waals surface area contributed by atoms with Crippen LogP contribution >= 0.6 is 23.4 Å². The van der Waals surface area contributed by atoms with E-state index in [1.807, 2.05) is 13.8 Å². The molecule has 1 unspecified atom stereocenters. The molecule has 2 rings (SSSR count). The minimum atomic E-state index is -0.612. The standard InChI is InChI=1S/C20H27ClN4O4S/c1-12(2)9-15(23-18(27)29-20(3,4)5)17-24-25-19(28-17)30-11-16(26)22-14-8-6-7-13(21)10-14/h6-8,10,12,15H,9,11H2,1-5H3,(H,22,26)(H,23,27). The number of rotatable bonds is 8. The summed E-state index contributed by atoms with van der Waals surface area (Å²) in [6.07, 6.45) is 0.0438. The van der Waals surface area contributed by atoms with Crippen LogP contribution in [-0.2, 0) is 9.53 Å². The molecule has 0 aliphatic heterocycles. The number of thioether (sulfide) groups is 1. The lowest BCUT2D eigenvalue weighted by Gasteiger charge is -2.22. The molecule has 0 aliphatic rings. The van der Waals surface area contributed by atoms with Crippen LogP contribution in [0.4, 0.5) is 10.5 Å². The molecule has 0 saturated heterocycles. The summed E-state index contributed by atoms with van der Waals surface area (Å²) in [5.74, 6) is 0.402.